The van der Waals surface area contributed by atoms with Crippen molar-refractivity contribution in [1.82, 2.24) is 30.2 Å². The summed E-state index contributed by atoms with van der Waals surface area (Å²) in [4.78, 5) is 32.5. The Bertz CT molecular complexity index is 2120. The summed E-state index contributed by atoms with van der Waals surface area (Å²) in [5.41, 5.74) is 9.66. The smallest absolute Gasteiger partial charge is 0.411 e. The van der Waals surface area contributed by atoms with Crippen molar-refractivity contribution in [3.05, 3.63) is 83.6 Å². The van der Waals surface area contributed by atoms with Gasteiger partial charge in [-0.1, -0.05) is 43.0 Å². The minimum atomic E-state index is -0.554. The molecule has 2 aromatic heterocycles. The summed E-state index contributed by atoms with van der Waals surface area (Å²) < 4.78 is 5.80. The summed E-state index contributed by atoms with van der Waals surface area (Å²) in [5.74, 6) is 3.04. The number of hydrogen-bond donors (Lipinski definition) is 3. The average molecular weight is 611 g/mol. The van der Waals surface area contributed by atoms with Crippen molar-refractivity contribution in [3.63, 3.8) is 0 Å². The second kappa shape index (κ2) is 9.10. The third kappa shape index (κ3) is 4.05. The molecule has 46 heavy (non-hydrogen) atoms. The third-order valence-corrected chi connectivity index (χ3v) is 10.9. The topological polar surface area (TPSA) is 98.9 Å². The van der Waals surface area contributed by atoms with E-state index in [-0.39, 0.29) is 18.2 Å². The number of H-pyrrole nitrogens is 2. The van der Waals surface area contributed by atoms with Crippen LogP contribution in [0, 0.1) is 11.8 Å². The summed E-state index contributed by atoms with van der Waals surface area (Å²) in [6.45, 7) is 10.1. The fourth-order valence-corrected chi connectivity index (χ4v) is 8.45. The van der Waals surface area contributed by atoms with Crippen molar-refractivity contribution in [3.8, 4) is 22.4 Å². The Balaban J connectivity index is 0.950. The first-order valence-electron chi connectivity index (χ1n) is 16.8. The van der Waals surface area contributed by atoms with Gasteiger partial charge in [-0.3, -0.25) is 4.90 Å². The number of hydrogen-bond acceptors (Lipinski definition) is 5. The molecule has 10 rings (SSSR count). The maximum atomic E-state index is 13.3. The van der Waals surface area contributed by atoms with E-state index in [4.69, 9.17) is 14.7 Å². The van der Waals surface area contributed by atoms with Crippen LogP contribution >= 0.6 is 0 Å². The molecule has 2 saturated carbocycles. The van der Waals surface area contributed by atoms with Gasteiger partial charge in [-0.15, -0.1) is 0 Å². The predicted octanol–water partition coefficient (Wildman–Crippen LogP) is 7.53. The van der Waals surface area contributed by atoms with Gasteiger partial charge in [-0.05, 0) is 98.6 Å². The first-order valence-corrected chi connectivity index (χ1v) is 16.8. The molecule has 0 bridgehead atoms. The number of aromatic nitrogens is 4. The molecule has 8 heteroatoms. The molecule has 2 saturated heterocycles. The van der Waals surface area contributed by atoms with Crippen molar-refractivity contribution >= 4 is 27.9 Å². The zero-order chi connectivity index (χ0) is 31.1. The molecule has 5 aromatic rings. The lowest BCUT2D eigenvalue weighted by Crippen LogP contribution is -2.39. The summed E-state index contributed by atoms with van der Waals surface area (Å²) in [7, 11) is 0. The van der Waals surface area contributed by atoms with Crippen molar-refractivity contribution in [1.29, 1.82) is 0 Å². The van der Waals surface area contributed by atoms with E-state index in [0.717, 1.165) is 70.4 Å². The fraction of sp³-hybridized carbons (Fsp3) is 0.395. The molecular formula is C38H38N6O2. The number of ether oxygens (including phenoxy) is 1. The number of carbonyl (C=O) groups is 1. The zero-order valence-electron chi connectivity index (χ0n) is 26.5. The van der Waals surface area contributed by atoms with E-state index in [2.05, 4.69) is 70.4 Å². The van der Waals surface area contributed by atoms with Gasteiger partial charge in [0.2, 0.25) is 0 Å². The van der Waals surface area contributed by atoms with Crippen LogP contribution in [-0.4, -0.2) is 48.6 Å². The van der Waals surface area contributed by atoms with Gasteiger partial charge in [-0.2, -0.15) is 0 Å². The van der Waals surface area contributed by atoms with Gasteiger partial charge in [0.15, 0.2) is 0 Å². The van der Waals surface area contributed by atoms with Gasteiger partial charge >= 0.3 is 6.09 Å². The maximum absolute atomic E-state index is 13.3. The molecule has 3 N–H and O–H groups in total. The fourth-order valence-electron chi connectivity index (χ4n) is 8.45. The van der Waals surface area contributed by atoms with E-state index in [1.54, 1.807) is 0 Å². The molecular weight excluding hydrogens is 572 g/mol. The van der Waals surface area contributed by atoms with Crippen LogP contribution in [-0.2, 0) is 17.6 Å². The molecule has 4 fully saturated rings. The number of benzene rings is 3. The minimum Gasteiger partial charge on any atom is -0.444 e. The zero-order valence-corrected chi connectivity index (χ0v) is 26.5. The molecule has 1 amide bonds. The normalized spacial score (nSPS) is 27.5. The van der Waals surface area contributed by atoms with Crippen molar-refractivity contribution in [2.75, 3.05) is 0 Å². The highest BCUT2D eigenvalue weighted by Gasteiger charge is 2.59. The molecule has 0 spiro atoms. The van der Waals surface area contributed by atoms with E-state index in [9.17, 15) is 4.79 Å². The molecule has 2 aliphatic heterocycles. The monoisotopic (exact) mass is 610 g/mol. The standard InChI is InChI=1S/C38H38N6O2/c1-18-26-17-31(26)44(37(45)46-38(2,3)4)34(18)36-41-28-12-8-22-14-20(6-10-25(22)33(28)43-36)19-5-9-24-21(13-19)7-11-27-32(24)42-35(40-27)30-16-23-15-29(23)39-30/h5-7,9-11,13-14,23,26,29-31,34,39H,1,8,12,15-17H2,2-4H3,(H,40,42)(H,41,43)/t23?,26?,29-,30+,31?,34+/m1/s1. The lowest BCUT2D eigenvalue weighted by molar-refractivity contribution is 0.0194. The molecule has 5 aliphatic rings. The van der Waals surface area contributed by atoms with Crippen LogP contribution in [0.15, 0.2) is 60.7 Å². The Hall–Kier alpha value is -4.43. The molecule has 6 atom stereocenters. The predicted molar refractivity (Wildman–Crippen MR) is 178 cm³/mol. The molecule has 3 aromatic carbocycles. The second-order valence-electron chi connectivity index (χ2n) is 15.2. The van der Waals surface area contributed by atoms with Crippen LogP contribution in [0.4, 0.5) is 4.79 Å². The van der Waals surface area contributed by atoms with Gasteiger partial charge in [0, 0.05) is 34.6 Å². The van der Waals surface area contributed by atoms with Crippen LogP contribution in [0.5, 0.6) is 0 Å². The number of carbonyl (C=O) groups excluding carboxylic acids is 1. The second-order valence-corrected chi connectivity index (χ2v) is 15.2. The number of nitrogens with zero attached hydrogens (tertiary/aromatic N) is 3. The number of nitrogens with one attached hydrogen (secondary N) is 3. The van der Waals surface area contributed by atoms with Gasteiger partial charge in [0.05, 0.1) is 22.8 Å². The van der Waals surface area contributed by atoms with Crippen LogP contribution in [0.3, 0.4) is 0 Å². The number of aryl methyl sites for hydroxylation is 2. The van der Waals surface area contributed by atoms with Crippen molar-refractivity contribution in [2.45, 2.75) is 82.6 Å². The largest absolute Gasteiger partial charge is 0.444 e. The first kappa shape index (κ1) is 26.8. The number of rotatable bonds is 3. The van der Waals surface area contributed by atoms with Gasteiger partial charge in [0.25, 0.3) is 0 Å². The summed E-state index contributed by atoms with van der Waals surface area (Å²) in [5, 5.41) is 6.11. The van der Waals surface area contributed by atoms with Gasteiger partial charge < -0.3 is 20.0 Å². The highest BCUT2D eigenvalue weighted by atomic mass is 16.6. The average Bonchev–Trinajstić information content (AvgIpc) is 3.71. The van der Waals surface area contributed by atoms with E-state index >= 15 is 0 Å². The van der Waals surface area contributed by atoms with Crippen molar-refractivity contribution in [2.24, 2.45) is 11.8 Å². The summed E-state index contributed by atoms with van der Waals surface area (Å²) in [6, 6.07) is 18.8. The molecule has 3 unspecified atom stereocenters. The minimum absolute atomic E-state index is 0.159. The SMILES string of the molecule is C=C1C2CC2N(C(=O)OC(C)(C)C)[C@@H]1c1nc2c([nH]1)CCc1cc(-c3ccc4c(ccc5[nH]c([C@@H]6CC7C[C@H]7N6)nc54)c3)ccc1-2. The highest BCUT2D eigenvalue weighted by Crippen LogP contribution is 2.56. The molecule has 4 heterocycles. The van der Waals surface area contributed by atoms with Crippen LogP contribution in [0.2, 0.25) is 0 Å². The molecule has 0 radical (unpaired) electrons. The Labute approximate surface area is 267 Å². The first-order chi connectivity index (χ1) is 22.2. The third-order valence-electron chi connectivity index (χ3n) is 10.9. The molecule has 8 nitrogen and oxygen atoms in total. The number of likely N-dealkylation sites (tertiary alicyclic amines) is 1. The Morgan fingerprint density at radius 1 is 0.957 bits per heavy atom. The number of imidazole rings is 2. The lowest BCUT2D eigenvalue weighted by Gasteiger charge is -2.30. The number of amides is 1. The lowest BCUT2D eigenvalue weighted by atomic mass is 9.89. The van der Waals surface area contributed by atoms with Crippen molar-refractivity contribution < 1.29 is 9.53 Å². The van der Waals surface area contributed by atoms with E-state index in [1.165, 1.54) is 40.3 Å². The Morgan fingerprint density at radius 2 is 1.80 bits per heavy atom. The van der Waals surface area contributed by atoms with E-state index in [1.807, 2.05) is 25.7 Å². The van der Waals surface area contributed by atoms with Gasteiger partial charge in [0.1, 0.15) is 23.3 Å². The quantitative estimate of drug-likeness (QED) is 0.184. The molecule has 232 valence electrons. The Morgan fingerprint density at radius 3 is 2.63 bits per heavy atom. The van der Waals surface area contributed by atoms with E-state index in [0.29, 0.717) is 18.0 Å². The van der Waals surface area contributed by atoms with Crippen LogP contribution in [0.1, 0.15) is 75.0 Å². The number of aromatic amines is 2. The van der Waals surface area contributed by atoms with Crippen LogP contribution < -0.4 is 5.32 Å². The molecule has 3 aliphatic carbocycles. The number of fused-ring (bicyclic) bond motifs is 8. The highest BCUT2D eigenvalue weighted by molar-refractivity contribution is 6.05. The van der Waals surface area contributed by atoms with Gasteiger partial charge in [-0.25, -0.2) is 14.8 Å². The van der Waals surface area contributed by atoms with E-state index < -0.39 is 5.60 Å². The number of piperidine rings is 2. The maximum Gasteiger partial charge on any atom is 0.411 e. The summed E-state index contributed by atoms with van der Waals surface area (Å²) in [6.07, 6.45) is 5.00. The summed E-state index contributed by atoms with van der Waals surface area (Å²) >= 11 is 0. The Kier molecular flexibility index (Phi) is 5.29. The van der Waals surface area contributed by atoms with Crippen LogP contribution in [0.25, 0.3) is 44.2 Å².